The Morgan fingerprint density at radius 1 is 0.957 bits per heavy atom. The maximum Gasteiger partial charge on any atom is 0.323 e. The fourth-order valence-electron chi connectivity index (χ4n) is 2.39. The highest BCUT2D eigenvalue weighted by molar-refractivity contribution is 6.07. The second-order valence-electron chi connectivity index (χ2n) is 5.06. The predicted octanol–water partition coefficient (Wildman–Crippen LogP) is 4.07. The average molecular weight is 307 g/mol. The van der Waals surface area contributed by atoms with Crippen molar-refractivity contribution in [2.24, 2.45) is 0 Å². The van der Waals surface area contributed by atoms with Crippen molar-refractivity contribution in [1.29, 1.82) is 0 Å². The van der Waals surface area contributed by atoms with Crippen LogP contribution in [0.4, 0.5) is 21.9 Å². The third-order valence-electron chi connectivity index (χ3n) is 3.54. The molecule has 5 heteroatoms. The molecule has 0 saturated carbocycles. The molecule has 23 heavy (non-hydrogen) atoms. The lowest BCUT2D eigenvalue weighted by Gasteiger charge is -2.12. The molecule has 0 aliphatic rings. The molecule has 0 spiro atoms. The molecule has 0 bridgehead atoms. The van der Waals surface area contributed by atoms with Crippen LogP contribution in [0.2, 0.25) is 0 Å². The summed E-state index contributed by atoms with van der Waals surface area (Å²) in [6, 6.07) is 18.4. The van der Waals surface area contributed by atoms with Crippen LogP contribution in [0.3, 0.4) is 0 Å². The molecule has 0 fully saturated rings. The number of nitrogens with two attached hydrogens (primary N) is 1. The van der Waals surface area contributed by atoms with E-state index in [1.807, 2.05) is 42.5 Å². The minimum absolute atomic E-state index is 0.349. The van der Waals surface area contributed by atoms with Gasteiger partial charge in [-0.15, -0.1) is 0 Å². The summed E-state index contributed by atoms with van der Waals surface area (Å²) in [7, 11) is 1.56. The van der Waals surface area contributed by atoms with E-state index < -0.39 is 0 Å². The third kappa shape index (κ3) is 3.18. The number of benzene rings is 3. The number of hydrogen-bond acceptors (Lipinski definition) is 3. The van der Waals surface area contributed by atoms with Gasteiger partial charge in [0.25, 0.3) is 0 Å². The quantitative estimate of drug-likeness (QED) is 0.638. The van der Waals surface area contributed by atoms with Gasteiger partial charge in [0.1, 0.15) is 5.75 Å². The van der Waals surface area contributed by atoms with Crippen molar-refractivity contribution < 1.29 is 9.53 Å². The van der Waals surface area contributed by atoms with Crippen LogP contribution in [0.5, 0.6) is 5.75 Å². The first-order valence-corrected chi connectivity index (χ1v) is 7.16. The predicted molar refractivity (Wildman–Crippen MR) is 94.0 cm³/mol. The van der Waals surface area contributed by atoms with Gasteiger partial charge in [-0.25, -0.2) is 4.79 Å². The Bertz CT molecular complexity index is 857. The van der Waals surface area contributed by atoms with Crippen LogP contribution in [0.15, 0.2) is 60.7 Å². The van der Waals surface area contributed by atoms with E-state index in [2.05, 4.69) is 10.6 Å². The first-order valence-electron chi connectivity index (χ1n) is 7.16. The van der Waals surface area contributed by atoms with Crippen molar-refractivity contribution in [1.82, 2.24) is 0 Å². The number of fused-ring (bicyclic) bond motifs is 1. The highest BCUT2D eigenvalue weighted by Crippen LogP contribution is 2.25. The molecule has 0 saturated heterocycles. The van der Waals surface area contributed by atoms with E-state index in [1.165, 1.54) is 0 Å². The van der Waals surface area contributed by atoms with Gasteiger partial charge in [0.15, 0.2) is 0 Å². The van der Waals surface area contributed by atoms with Gasteiger partial charge in [0.05, 0.1) is 24.2 Å². The van der Waals surface area contributed by atoms with Gasteiger partial charge in [0, 0.05) is 11.5 Å². The van der Waals surface area contributed by atoms with E-state index in [0.29, 0.717) is 17.1 Å². The summed E-state index contributed by atoms with van der Waals surface area (Å²) in [5, 5.41) is 7.64. The van der Waals surface area contributed by atoms with Gasteiger partial charge in [-0.3, -0.25) is 0 Å². The number of carbonyl (C=O) groups excluding carboxylic acids is 1. The number of amides is 2. The second-order valence-corrected chi connectivity index (χ2v) is 5.06. The summed E-state index contributed by atoms with van der Waals surface area (Å²) < 4.78 is 5.09. The van der Waals surface area contributed by atoms with Crippen molar-refractivity contribution in [3.63, 3.8) is 0 Å². The monoisotopic (exact) mass is 307 g/mol. The molecule has 0 aliphatic carbocycles. The zero-order valence-electron chi connectivity index (χ0n) is 12.7. The number of rotatable bonds is 3. The molecule has 3 aromatic rings. The molecular formula is C18H17N3O2. The molecule has 0 radical (unpaired) electrons. The molecule has 0 aliphatic heterocycles. The van der Waals surface area contributed by atoms with Gasteiger partial charge in [-0.1, -0.05) is 36.4 Å². The topological polar surface area (TPSA) is 76.4 Å². The fourth-order valence-corrected chi connectivity index (χ4v) is 2.39. The zero-order valence-corrected chi connectivity index (χ0v) is 12.7. The van der Waals surface area contributed by atoms with Crippen LogP contribution in [0, 0.1) is 0 Å². The van der Waals surface area contributed by atoms with Gasteiger partial charge >= 0.3 is 6.03 Å². The Hall–Kier alpha value is -3.21. The number of urea groups is 1. The Morgan fingerprint density at radius 2 is 1.70 bits per heavy atom. The van der Waals surface area contributed by atoms with Crippen LogP contribution >= 0.6 is 0 Å². The summed E-state index contributed by atoms with van der Waals surface area (Å²) >= 11 is 0. The van der Waals surface area contributed by atoms with E-state index in [1.54, 1.807) is 25.3 Å². The van der Waals surface area contributed by atoms with E-state index in [4.69, 9.17) is 10.5 Å². The Morgan fingerprint density at radius 3 is 2.48 bits per heavy atom. The standard InChI is InChI=1S/C18H17N3O2/c1-23-13-9-10-17(15(19)11-13)21-18(22)20-16-8-4-6-12-5-2-3-7-14(12)16/h2-11H,19H2,1H3,(H2,20,21,22). The number of ether oxygens (including phenoxy) is 1. The first-order chi connectivity index (χ1) is 11.2. The average Bonchev–Trinajstić information content (AvgIpc) is 2.57. The second kappa shape index (κ2) is 6.27. The van der Waals surface area contributed by atoms with Crippen LogP contribution in [-0.2, 0) is 0 Å². The molecular weight excluding hydrogens is 290 g/mol. The molecule has 5 nitrogen and oxygen atoms in total. The first kappa shape index (κ1) is 14.7. The minimum Gasteiger partial charge on any atom is -0.497 e. The lowest BCUT2D eigenvalue weighted by molar-refractivity contribution is 0.262. The molecule has 3 rings (SSSR count). The molecule has 3 aromatic carbocycles. The maximum atomic E-state index is 12.2. The number of carbonyl (C=O) groups is 1. The van der Waals surface area contributed by atoms with E-state index in [0.717, 1.165) is 16.5 Å². The summed E-state index contributed by atoms with van der Waals surface area (Å²) in [5.74, 6) is 0.641. The number of anilines is 3. The normalized spacial score (nSPS) is 10.3. The Balaban J connectivity index is 1.79. The van der Waals surface area contributed by atoms with Crippen molar-refractivity contribution in [3.05, 3.63) is 60.7 Å². The Labute approximate surface area is 134 Å². The van der Waals surface area contributed by atoms with E-state index in [9.17, 15) is 4.79 Å². The van der Waals surface area contributed by atoms with Crippen LogP contribution in [0.25, 0.3) is 10.8 Å². The smallest absolute Gasteiger partial charge is 0.323 e. The summed E-state index contributed by atoms with van der Waals surface area (Å²) in [6.07, 6.45) is 0. The number of nitrogens with one attached hydrogen (secondary N) is 2. The van der Waals surface area contributed by atoms with Gasteiger partial charge in [-0.2, -0.15) is 0 Å². The molecule has 4 N–H and O–H groups in total. The summed E-state index contributed by atoms with van der Waals surface area (Å²) in [5.41, 5.74) is 7.62. The van der Waals surface area contributed by atoms with Crippen LogP contribution in [0.1, 0.15) is 0 Å². The highest BCUT2D eigenvalue weighted by atomic mass is 16.5. The van der Waals surface area contributed by atoms with E-state index >= 15 is 0 Å². The summed E-state index contributed by atoms with van der Waals surface area (Å²) in [6.45, 7) is 0. The van der Waals surface area contributed by atoms with Gasteiger partial charge in [-0.05, 0) is 23.6 Å². The number of nitrogen functional groups attached to an aromatic ring is 1. The van der Waals surface area contributed by atoms with E-state index in [-0.39, 0.29) is 6.03 Å². The number of hydrogen-bond donors (Lipinski definition) is 3. The molecule has 2 amide bonds. The Kier molecular flexibility index (Phi) is 4.01. The highest BCUT2D eigenvalue weighted by Gasteiger charge is 2.08. The minimum atomic E-state index is -0.349. The maximum absolute atomic E-state index is 12.2. The van der Waals surface area contributed by atoms with Crippen molar-refractivity contribution in [2.45, 2.75) is 0 Å². The lowest BCUT2D eigenvalue weighted by atomic mass is 10.1. The molecule has 0 unspecified atom stereocenters. The van der Waals surface area contributed by atoms with Crippen molar-refractivity contribution in [3.8, 4) is 5.75 Å². The zero-order chi connectivity index (χ0) is 16.2. The molecule has 0 heterocycles. The molecule has 116 valence electrons. The molecule has 0 aromatic heterocycles. The van der Waals surface area contributed by atoms with Gasteiger partial charge in [0.2, 0.25) is 0 Å². The SMILES string of the molecule is COc1ccc(NC(=O)Nc2cccc3ccccc23)c(N)c1. The number of methoxy groups -OCH3 is 1. The van der Waals surface area contributed by atoms with Crippen molar-refractivity contribution in [2.75, 3.05) is 23.5 Å². The van der Waals surface area contributed by atoms with Gasteiger partial charge < -0.3 is 21.1 Å². The third-order valence-corrected chi connectivity index (χ3v) is 3.54. The lowest BCUT2D eigenvalue weighted by Crippen LogP contribution is -2.20. The van der Waals surface area contributed by atoms with Crippen LogP contribution in [-0.4, -0.2) is 13.1 Å². The van der Waals surface area contributed by atoms with Crippen LogP contribution < -0.4 is 21.1 Å². The summed E-state index contributed by atoms with van der Waals surface area (Å²) in [4.78, 5) is 12.2. The molecule has 0 atom stereocenters. The van der Waals surface area contributed by atoms with Crippen molar-refractivity contribution >= 4 is 33.9 Å². The largest absolute Gasteiger partial charge is 0.497 e. The fraction of sp³-hybridized carbons (Fsp3) is 0.0556.